The largest absolute Gasteiger partial charge is 0.496 e. The maximum Gasteiger partial charge on any atom is 0.263 e. The molecule has 0 fully saturated rings. The van der Waals surface area contributed by atoms with E-state index in [-0.39, 0.29) is 5.91 Å². The molecule has 0 unspecified atom stereocenters. The Morgan fingerprint density at radius 3 is 2.08 bits per heavy atom. The monoisotopic (exact) mass is 329 g/mol. The highest BCUT2D eigenvalue weighted by atomic mass is 16.5. The SMILES string of the molecule is COc1cc(OC)cc(O[C@H](C)C(=O)N(C)Cc2ccccc2)c1. The van der Waals surface area contributed by atoms with Crippen molar-refractivity contribution in [3.63, 3.8) is 0 Å². The Kier molecular flexibility index (Phi) is 6.07. The van der Waals surface area contributed by atoms with Gasteiger partial charge in [0.1, 0.15) is 17.2 Å². The van der Waals surface area contributed by atoms with Crippen LogP contribution in [-0.4, -0.2) is 38.2 Å². The average molecular weight is 329 g/mol. The summed E-state index contributed by atoms with van der Waals surface area (Å²) in [6.07, 6.45) is -0.615. The van der Waals surface area contributed by atoms with Crippen LogP contribution >= 0.6 is 0 Å². The molecule has 0 bridgehead atoms. The third-order valence-corrected chi connectivity index (χ3v) is 3.62. The second-order valence-electron chi connectivity index (χ2n) is 5.49. The normalized spacial score (nSPS) is 11.5. The van der Waals surface area contributed by atoms with E-state index < -0.39 is 6.10 Å². The second kappa shape index (κ2) is 8.24. The highest BCUT2D eigenvalue weighted by Gasteiger charge is 2.20. The number of ether oxygens (including phenoxy) is 3. The lowest BCUT2D eigenvalue weighted by Gasteiger charge is -2.22. The molecule has 0 aliphatic rings. The molecule has 1 atom stereocenters. The number of benzene rings is 2. The van der Waals surface area contributed by atoms with Crippen LogP contribution in [-0.2, 0) is 11.3 Å². The zero-order valence-corrected chi connectivity index (χ0v) is 14.5. The first-order chi connectivity index (χ1) is 11.5. The van der Waals surface area contributed by atoms with E-state index in [9.17, 15) is 4.79 Å². The smallest absolute Gasteiger partial charge is 0.263 e. The lowest BCUT2D eigenvalue weighted by atomic mass is 10.2. The van der Waals surface area contributed by atoms with Gasteiger partial charge in [0.25, 0.3) is 5.91 Å². The highest BCUT2D eigenvalue weighted by molar-refractivity contribution is 5.80. The number of methoxy groups -OCH3 is 2. The fraction of sp³-hybridized carbons (Fsp3) is 0.316. The van der Waals surface area contributed by atoms with E-state index in [1.807, 2.05) is 30.3 Å². The summed E-state index contributed by atoms with van der Waals surface area (Å²) in [4.78, 5) is 14.1. The molecule has 2 rings (SSSR count). The summed E-state index contributed by atoms with van der Waals surface area (Å²) >= 11 is 0. The Bertz CT molecular complexity index is 650. The van der Waals surface area contributed by atoms with Gasteiger partial charge in [-0.05, 0) is 12.5 Å². The standard InChI is InChI=1S/C19H23NO4/c1-14(19(21)20(2)13-15-8-6-5-7-9-15)24-18-11-16(22-3)10-17(12-18)23-4/h5-12,14H,13H2,1-4H3/t14-/m1/s1. The minimum absolute atomic E-state index is 0.0966. The van der Waals surface area contributed by atoms with Gasteiger partial charge in [-0.3, -0.25) is 4.79 Å². The van der Waals surface area contributed by atoms with E-state index in [0.29, 0.717) is 23.8 Å². The van der Waals surface area contributed by atoms with Crippen molar-refractivity contribution in [3.8, 4) is 17.2 Å². The topological polar surface area (TPSA) is 48.0 Å². The zero-order chi connectivity index (χ0) is 17.5. The average Bonchev–Trinajstić information content (AvgIpc) is 2.61. The van der Waals surface area contributed by atoms with Crippen molar-refractivity contribution in [3.05, 3.63) is 54.1 Å². The molecule has 5 heteroatoms. The molecular formula is C19H23NO4. The van der Waals surface area contributed by atoms with Gasteiger partial charge in [-0.25, -0.2) is 0 Å². The maximum absolute atomic E-state index is 12.5. The van der Waals surface area contributed by atoms with Crippen LogP contribution < -0.4 is 14.2 Å². The molecule has 1 amide bonds. The van der Waals surface area contributed by atoms with Crippen molar-refractivity contribution in [2.24, 2.45) is 0 Å². The van der Waals surface area contributed by atoms with Crippen LogP contribution in [0, 0.1) is 0 Å². The van der Waals surface area contributed by atoms with Crippen molar-refractivity contribution in [2.75, 3.05) is 21.3 Å². The molecule has 24 heavy (non-hydrogen) atoms. The van der Waals surface area contributed by atoms with Gasteiger partial charge in [0, 0.05) is 31.8 Å². The molecule has 0 heterocycles. The quantitative estimate of drug-likeness (QED) is 0.783. The lowest BCUT2D eigenvalue weighted by molar-refractivity contribution is -0.137. The third kappa shape index (κ3) is 4.65. The summed E-state index contributed by atoms with van der Waals surface area (Å²) in [5, 5.41) is 0. The molecule has 0 saturated heterocycles. The van der Waals surface area contributed by atoms with Crippen molar-refractivity contribution < 1.29 is 19.0 Å². The number of hydrogen-bond acceptors (Lipinski definition) is 4. The van der Waals surface area contributed by atoms with Crippen LogP contribution in [0.4, 0.5) is 0 Å². The second-order valence-corrected chi connectivity index (χ2v) is 5.49. The lowest BCUT2D eigenvalue weighted by Crippen LogP contribution is -2.37. The molecule has 0 saturated carbocycles. The fourth-order valence-electron chi connectivity index (χ4n) is 2.35. The first kappa shape index (κ1) is 17.7. The number of rotatable bonds is 7. The molecule has 128 valence electrons. The molecule has 0 radical (unpaired) electrons. The summed E-state index contributed by atoms with van der Waals surface area (Å²) < 4.78 is 16.2. The Morgan fingerprint density at radius 2 is 1.54 bits per heavy atom. The molecule has 0 spiro atoms. The van der Waals surface area contributed by atoms with E-state index in [2.05, 4.69) is 0 Å². The first-order valence-corrected chi connectivity index (χ1v) is 7.72. The molecular weight excluding hydrogens is 306 g/mol. The van der Waals surface area contributed by atoms with Crippen LogP contribution in [0.2, 0.25) is 0 Å². The van der Waals surface area contributed by atoms with Crippen molar-refractivity contribution >= 4 is 5.91 Å². The number of hydrogen-bond donors (Lipinski definition) is 0. The van der Waals surface area contributed by atoms with E-state index in [0.717, 1.165) is 5.56 Å². The first-order valence-electron chi connectivity index (χ1n) is 7.72. The summed E-state index contributed by atoms with van der Waals surface area (Å²) in [6, 6.07) is 15.0. The van der Waals surface area contributed by atoms with Crippen LogP contribution in [0.3, 0.4) is 0 Å². The minimum atomic E-state index is -0.615. The van der Waals surface area contributed by atoms with Gasteiger partial charge >= 0.3 is 0 Å². The zero-order valence-electron chi connectivity index (χ0n) is 14.5. The third-order valence-electron chi connectivity index (χ3n) is 3.62. The van der Waals surface area contributed by atoms with Crippen LogP contribution in [0.25, 0.3) is 0 Å². The fourth-order valence-corrected chi connectivity index (χ4v) is 2.35. The highest BCUT2D eigenvalue weighted by Crippen LogP contribution is 2.28. The molecule has 0 aliphatic heterocycles. The number of carbonyl (C=O) groups excluding carboxylic acids is 1. The summed E-state index contributed by atoms with van der Waals surface area (Å²) in [5.74, 6) is 1.66. The Balaban J connectivity index is 2.03. The number of carbonyl (C=O) groups is 1. The van der Waals surface area contributed by atoms with Crippen LogP contribution in [0.1, 0.15) is 12.5 Å². The number of amides is 1. The van der Waals surface area contributed by atoms with Gasteiger partial charge in [-0.1, -0.05) is 30.3 Å². The summed E-state index contributed by atoms with van der Waals surface area (Å²) in [7, 11) is 4.91. The van der Waals surface area contributed by atoms with Crippen LogP contribution in [0.5, 0.6) is 17.2 Å². The summed E-state index contributed by atoms with van der Waals surface area (Å²) in [6.45, 7) is 2.27. The minimum Gasteiger partial charge on any atom is -0.496 e. The van der Waals surface area contributed by atoms with E-state index in [1.165, 1.54) is 0 Å². The van der Waals surface area contributed by atoms with Gasteiger partial charge in [0.05, 0.1) is 14.2 Å². The molecule has 2 aromatic carbocycles. The molecule has 0 N–H and O–H groups in total. The predicted octanol–water partition coefficient (Wildman–Crippen LogP) is 3.13. The van der Waals surface area contributed by atoms with Crippen molar-refractivity contribution in [1.82, 2.24) is 4.90 Å². The van der Waals surface area contributed by atoms with Gasteiger partial charge in [0.2, 0.25) is 0 Å². The van der Waals surface area contributed by atoms with E-state index in [1.54, 1.807) is 51.3 Å². The number of nitrogens with zero attached hydrogens (tertiary/aromatic N) is 1. The number of likely N-dealkylation sites (N-methyl/N-ethyl adjacent to an activating group) is 1. The van der Waals surface area contributed by atoms with E-state index in [4.69, 9.17) is 14.2 Å². The van der Waals surface area contributed by atoms with Gasteiger partial charge in [-0.15, -0.1) is 0 Å². The van der Waals surface area contributed by atoms with Crippen molar-refractivity contribution in [2.45, 2.75) is 19.6 Å². The molecule has 5 nitrogen and oxygen atoms in total. The Labute approximate surface area is 142 Å². The van der Waals surface area contributed by atoms with E-state index >= 15 is 0 Å². The van der Waals surface area contributed by atoms with Gasteiger partial charge < -0.3 is 19.1 Å². The molecule has 0 aliphatic carbocycles. The maximum atomic E-state index is 12.5. The van der Waals surface area contributed by atoms with Gasteiger partial charge in [0.15, 0.2) is 6.10 Å². The predicted molar refractivity (Wildman–Crippen MR) is 92.6 cm³/mol. The Morgan fingerprint density at radius 1 is 1.00 bits per heavy atom. The Hall–Kier alpha value is -2.69. The summed E-state index contributed by atoms with van der Waals surface area (Å²) in [5.41, 5.74) is 1.07. The molecule has 0 aromatic heterocycles. The van der Waals surface area contributed by atoms with Crippen LogP contribution in [0.15, 0.2) is 48.5 Å². The van der Waals surface area contributed by atoms with Gasteiger partial charge in [-0.2, -0.15) is 0 Å². The van der Waals surface area contributed by atoms with Crippen molar-refractivity contribution in [1.29, 1.82) is 0 Å². The molecule has 2 aromatic rings.